The van der Waals surface area contributed by atoms with Gasteiger partial charge in [0.1, 0.15) is 26.7 Å². The van der Waals surface area contributed by atoms with Gasteiger partial charge in [-0.3, -0.25) is 4.72 Å². The summed E-state index contributed by atoms with van der Waals surface area (Å²) in [5.74, 6) is -2.03. The van der Waals surface area contributed by atoms with E-state index < -0.39 is 27.3 Å². The minimum Gasteiger partial charge on any atom is -0.397 e. The molecule has 0 fully saturated rings. The van der Waals surface area contributed by atoms with Gasteiger partial charge in [-0.2, -0.15) is 5.26 Å². The van der Waals surface area contributed by atoms with E-state index in [9.17, 15) is 17.2 Å². The summed E-state index contributed by atoms with van der Waals surface area (Å²) in [5.41, 5.74) is 4.48. The average molecular weight is 315 g/mol. The van der Waals surface area contributed by atoms with Crippen molar-refractivity contribution in [3.05, 3.63) is 40.8 Å². The molecule has 1 aromatic heterocycles. The summed E-state index contributed by atoms with van der Waals surface area (Å²) in [5, 5.41) is 8.65. The van der Waals surface area contributed by atoms with Crippen LogP contribution in [0.5, 0.6) is 0 Å². The molecule has 0 saturated carbocycles. The van der Waals surface area contributed by atoms with Crippen molar-refractivity contribution in [2.24, 2.45) is 0 Å². The third-order valence-electron chi connectivity index (χ3n) is 2.28. The largest absolute Gasteiger partial charge is 0.397 e. The van der Waals surface area contributed by atoms with Crippen LogP contribution in [0.4, 0.5) is 20.2 Å². The molecule has 0 radical (unpaired) electrons. The number of hydrogen-bond acceptors (Lipinski definition) is 5. The SMILES string of the molecule is N#Cc1ccc(S(=O)(=O)Nc2c(N)cc(F)cc2F)s1. The summed E-state index contributed by atoms with van der Waals surface area (Å²) in [4.78, 5) is 0.193. The van der Waals surface area contributed by atoms with Crippen LogP contribution < -0.4 is 10.5 Å². The summed E-state index contributed by atoms with van der Waals surface area (Å²) in [6, 6.07) is 5.64. The topological polar surface area (TPSA) is 96.0 Å². The van der Waals surface area contributed by atoms with Crippen LogP contribution >= 0.6 is 11.3 Å². The minimum atomic E-state index is -4.09. The Morgan fingerprint density at radius 3 is 2.55 bits per heavy atom. The first kappa shape index (κ1) is 14.2. The Morgan fingerprint density at radius 1 is 1.30 bits per heavy atom. The van der Waals surface area contributed by atoms with Gasteiger partial charge in [0.05, 0.1) is 5.69 Å². The fourth-order valence-electron chi connectivity index (χ4n) is 1.41. The van der Waals surface area contributed by atoms with Crippen molar-refractivity contribution in [3.8, 4) is 6.07 Å². The van der Waals surface area contributed by atoms with Crippen LogP contribution in [0.25, 0.3) is 0 Å². The number of benzene rings is 1. The van der Waals surface area contributed by atoms with Crippen molar-refractivity contribution >= 4 is 32.7 Å². The number of rotatable bonds is 3. The number of nitrogen functional groups attached to an aromatic ring is 1. The molecule has 0 saturated heterocycles. The Hall–Kier alpha value is -2.18. The molecule has 2 rings (SSSR count). The lowest BCUT2D eigenvalue weighted by Gasteiger charge is -2.10. The first-order chi connectivity index (χ1) is 9.33. The van der Waals surface area contributed by atoms with Gasteiger partial charge in [0, 0.05) is 6.07 Å². The van der Waals surface area contributed by atoms with Gasteiger partial charge in [-0.05, 0) is 18.2 Å². The molecule has 0 aliphatic carbocycles. The lowest BCUT2D eigenvalue weighted by Crippen LogP contribution is -2.14. The Balaban J connectivity index is 2.41. The maximum absolute atomic E-state index is 13.5. The number of anilines is 2. The zero-order valence-electron chi connectivity index (χ0n) is 9.72. The molecule has 0 atom stereocenters. The van der Waals surface area contributed by atoms with E-state index in [1.165, 1.54) is 12.1 Å². The van der Waals surface area contributed by atoms with Crippen LogP contribution in [0.3, 0.4) is 0 Å². The van der Waals surface area contributed by atoms with Crippen molar-refractivity contribution in [2.75, 3.05) is 10.5 Å². The fraction of sp³-hybridized carbons (Fsp3) is 0. The highest BCUT2D eigenvalue weighted by Gasteiger charge is 2.21. The number of hydrogen-bond donors (Lipinski definition) is 2. The smallest absolute Gasteiger partial charge is 0.271 e. The van der Waals surface area contributed by atoms with E-state index in [2.05, 4.69) is 0 Å². The second-order valence-corrected chi connectivity index (χ2v) is 6.68. The molecule has 2 aromatic rings. The van der Waals surface area contributed by atoms with Gasteiger partial charge in [0.25, 0.3) is 10.0 Å². The van der Waals surface area contributed by atoms with E-state index in [4.69, 9.17) is 11.0 Å². The molecule has 0 unspecified atom stereocenters. The van der Waals surface area contributed by atoms with Crippen LogP contribution in [0.2, 0.25) is 0 Å². The zero-order valence-corrected chi connectivity index (χ0v) is 11.4. The number of sulfonamides is 1. The van der Waals surface area contributed by atoms with Crippen LogP contribution in [-0.2, 0) is 10.0 Å². The standard InChI is InChI=1S/C11H7F2N3O2S2/c12-6-3-8(13)11(9(15)4-6)16-20(17,18)10-2-1-7(5-14)19-10/h1-4,16H,15H2. The zero-order chi connectivity index (χ0) is 14.9. The molecular weight excluding hydrogens is 308 g/mol. The van der Waals surface area contributed by atoms with Crippen molar-refractivity contribution < 1.29 is 17.2 Å². The molecule has 9 heteroatoms. The summed E-state index contributed by atoms with van der Waals surface area (Å²) in [6.45, 7) is 0. The van der Waals surface area contributed by atoms with Gasteiger partial charge in [-0.1, -0.05) is 0 Å². The summed E-state index contributed by atoms with van der Waals surface area (Å²) >= 11 is 0.725. The van der Waals surface area contributed by atoms with Gasteiger partial charge in [0.2, 0.25) is 0 Å². The quantitative estimate of drug-likeness (QED) is 0.849. The fourth-order valence-corrected chi connectivity index (χ4v) is 3.61. The molecule has 20 heavy (non-hydrogen) atoms. The summed E-state index contributed by atoms with van der Waals surface area (Å²) in [7, 11) is -4.09. The highest BCUT2D eigenvalue weighted by Crippen LogP contribution is 2.28. The Bertz CT molecular complexity index is 786. The van der Waals surface area contributed by atoms with E-state index >= 15 is 0 Å². The third kappa shape index (κ3) is 2.71. The van der Waals surface area contributed by atoms with E-state index in [0.717, 1.165) is 17.4 Å². The van der Waals surface area contributed by atoms with Crippen molar-refractivity contribution in [1.82, 2.24) is 0 Å². The van der Waals surface area contributed by atoms with Crippen LogP contribution in [-0.4, -0.2) is 8.42 Å². The predicted molar refractivity (Wildman–Crippen MR) is 70.6 cm³/mol. The normalized spacial score (nSPS) is 11.1. The third-order valence-corrected chi connectivity index (χ3v) is 5.11. The first-order valence-corrected chi connectivity index (χ1v) is 7.41. The van der Waals surface area contributed by atoms with Gasteiger partial charge in [0.15, 0.2) is 5.82 Å². The molecule has 0 bridgehead atoms. The van der Waals surface area contributed by atoms with Gasteiger partial charge >= 0.3 is 0 Å². The highest BCUT2D eigenvalue weighted by atomic mass is 32.2. The molecular formula is C11H7F2N3O2S2. The first-order valence-electron chi connectivity index (χ1n) is 5.11. The molecule has 0 amide bonds. The highest BCUT2D eigenvalue weighted by molar-refractivity contribution is 7.94. The number of nitrogens with one attached hydrogen (secondary N) is 1. The van der Waals surface area contributed by atoms with Crippen LogP contribution in [0.15, 0.2) is 28.5 Å². The van der Waals surface area contributed by atoms with E-state index in [-0.39, 0.29) is 14.8 Å². The monoisotopic (exact) mass is 315 g/mol. The molecule has 3 N–H and O–H groups in total. The maximum atomic E-state index is 13.5. The summed E-state index contributed by atoms with van der Waals surface area (Å²) in [6.07, 6.45) is 0. The number of nitrogens with two attached hydrogens (primary N) is 1. The van der Waals surface area contributed by atoms with Crippen molar-refractivity contribution in [1.29, 1.82) is 5.26 Å². The average Bonchev–Trinajstić information content (AvgIpc) is 2.83. The predicted octanol–water partition coefficient (Wildman–Crippen LogP) is 2.28. The molecule has 1 aromatic carbocycles. The molecule has 0 aliphatic heterocycles. The van der Waals surface area contributed by atoms with Crippen LogP contribution in [0, 0.1) is 23.0 Å². The molecule has 1 heterocycles. The number of halogens is 2. The summed E-state index contributed by atoms with van der Waals surface area (Å²) < 4.78 is 52.2. The van der Waals surface area contributed by atoms with Crippen molar-refractivity contribution in [3.63, 3.8) is 0 Å². The van der Waals surface area contributed by atoms with Crippen LogP contribution in [0.1, 0.15) is 4.88 Å². The molecule has 104 valence electrons. The van der Waals surface area contributed by atoms with Gasteiger partial charge < -0.3 is 5.73 Å². The van der Waals surface area contributed by atoms with Gasteiger partial charge in [-0.25, -0.2) is 17.2 Å². The number of thiophene rings is 1. The second-order valence-electron chi connectivity index (χ2n) is 3.69. The Kier molecular flexibility index (Phi) is 3.61. The molecule has 0 aliphatic rings. The Morgan fingerprint density at radius 2 is 2.00 bits per heavy atom. The Labute approximate surface area is 117 Å². The molecule has 5 nitrogen and oxygen atoms in total. The van der Waals surface area contributed by atoms with Crippen molar-refractivity contribution in [2.45, 2.75) is 4.21 Å². The lowest BCUT2D eigenvalue weighted by molar-refractivity contribution is 0.584. The van der Waals surface area contributed by atoms with E-state index in [0.29, 0.717) is 6.07 Å². The lowest BCUT2D eigenvalue weighted by atomic mass is 10.2. The van der Waals surface area contributed by atoms with Gasteiger partial charge in [-0.15, -0.1) is 11.3 Å². The maximum Gasteiger partial charge on any atom is 0.271 e. The number of nitrogens with zero attached hydrogens (tertiary/aromatic N) is 1. The number of nitriles is 1. The van der Waals surface area contributed by atoms with E-state index in [1.807, 2.05) is 4.72 Å². The van der Waals surface area contributed by atoms with E-state index in [1.54, 1.807) is 6.07 Å². The molecule has 0 spiro atoms. The second kappa shape index (κ2) is 5.07. The minimum absolute atomic E-state index is 0.169.